The third-order valence-corrected chi connectivity index (χ3v) is 0.800. The standard InChI is InChI=1S/2C4H6O3.C2H6O2/c2*1-3(5)2-4(6)7;1-2(3)4/h2*2H2,1H3,(H,6,7);2-4H,1H3. The van der Waals surface area contributed by atoms with Crippen LogP contribution in [0.15, 0.2) is 0 Å². The van der Waals surface area contributed by atoms with Gasteiger partial charge in [0.15, 0.2) is 0 Å². The summed E-state index contributed by atoms with van der Waals surface area (Å²) in [7, 11) is 0. The number of ketones is 2. The SMILES string of the molecule is CC(=O)CC(=O)O.CC(=O)CC(=O)O.CC(O)O. The van der Waals surface area contributed by atoms with E-state index in [4.69, 9.17) is 20.4 Å². The van der Waals surface area contributed by atoms with Crippen LogP contribution in [-0.4, -0.2) is 50.2 Å². The van der Waals surface area contributed by atoms with Crippen molar-refractivity contribution in [1.82, 2.24) is 0 Å². The van der Waals surface area contributed by atoms with Crippen molar-refractivity contribution in [2.75, 3.05) is 0 Å². The zero-order valence-corrected chi connectivity index (χ0v) is 10.4. The quantitative estimate of drug-likeness (QED) is 0.390. The molecule has 8 heteroatoms. The van der Waals surface area contributed by atoms with Crippen LogP contribution in [0.4, 0.5) is 0 Å². The number of carboxylic acid groups (broad SMARTS) is 2. The number of carbonyl (C=O) groups excluding carboxylic acids is 2. The first-order valence-electron chi connectivity index (χ1n) is 4.77. The first-order valence-corrected chi connectivity index (χ1v) is 4.77. The summed E-state index contributed by atoms with van der Waals surface area (Å²) in [4.78, 5) is 38.9. The smallest absolute Gasteiger partial charge is 0.310 e. The molecule has 0 rings (SSSR count). The molecule has 0 radical (unpaired) electrons. The lowest BCUT2D eigenvalue weighted by molar-refractivity contribution is -0.141. The number of aliphatic carboxylic acids is 2. The van der Waals surface area contributed by atoms with Crippen molar-refractivity contribution in [2.45, 2.75) is 39.9 Å². The van der Waals surface area contributed by atoms with Crippen LogP contribution in [0.3, 0.4) is 0 Å². The molecule has 0 aromatic rings. The van der Waals surface area contributed by atoms with Gasteiger partial charge in [0.2, 0.25) is 0 Å². The number of carbonyl (C=O) groups is 4. The van der Waals surface area contributed by atoms with Crippen LogP contribution in [0.25, 0.3) is 0 Å². The van der Waals surface area contributed by atoms with E-state index in [1.54, 1.807) is 0 Å². The van der Waals surface area contributed by atoms with E-state index >= 15 is 0 Å². The van der Waals surface area contributed by atoms with Crippen LogP contribution in [0.5, 0.6) is 0 Å². The molecule has 0 aromatic heterocycles. The molecule has 0 saturated heterocycles. The monoisotopic (exact) mass is 266 g/mol. The fourth-order valence-corrected chi connectivity index (χ4v) is 0.426. The Morgan fingerprint density at radius 3 is 1.00 bits per heavy atom. The third kappa shape index (κ3) is 64.4. The Balaban J connectivity index is -0.000000196. The molecule has 0 aliphatic rings. The minimum absolute atomic E-state index is 0.312. The molecule has 0 amide bonds. The summed E-state index contributed by atoms with van der Waals surface area (Å²) < 4.78 is 0. The molecule has 106 valence electrons. The van der Waals surface area contributed by atoms with Crippen LogP contribution in [0, 0.1) is 0 Å². The molecule has 0 heterocycles. The van der Waals surface area contributed by atoms with Gasteiger partial charge in [-0.1, -0.05) is 0 Å². The summed E-state index contributed by atoms with van der Waals surface area (Å²) in [6, 6.07) is 0. The third-order valence-electron chi connectivity index (χ3n) is 0.800. The summed E-state index contributed by atoms with van der Waals surface area (Å²) in [5.41, 5.74) is 0. The lowest BCUT2D eigenvalue weighted by atomic mass is 10.3. The molecule has 0 bridgehead atoms. The highest BCUT2D eigenvalue weighted by Crippen LogP contribution is 1.78. The zero-order valence-electron chi connectivity index (χ0n) is 10.4. The average molecular weight is 266 g/mol. The Labute approximate surface area is 104 Å². The molecule has 0 aromatic carbocycles. The number of Topliss-reactive ketones (excluding diaryl/α,β-unsaturated/α-hetero) is 2. The maximum absolute atomic E-state index is 9.87. The Hall–Kier alpha value is -1.80. The van der Waals surface area contributed by atoms with Crippen LogP contribution < -0.4 is 0 Å². The second-order valence-corrected chi connectivity index (χ2v) is 3.18. The molecule has 4 N–H and O–H groups in total. The maximum atomic E-state index is 9.87. The van der Waals surface area contributed by atoms with Crippen molar-refractivity contribution >= 4 is 23.5 Å². The van der Waals surface area contributed by atoms with Gasteiger partial charge in [0.25, 0.3) is 0 Å². The van der Waals surface area contributed by atoms with Gasteiger partial charge >= 0.3 is 11.9 Å². The van der Waals surface area contributed by atoms with E-state index < -0.39 is 18.2 Å². The minimum atomic E-state index is -1.17. The zero-order chi connectivity index (χ0) is 15.3. The number of carboxylic acids is 2. The van der Waals surface area contributed by atoms with Gasteiger partial charge in [0.05, 0.1) is 0 Å². The molecule has 18 heavy (non-hydrogen) atoms. The van der Waals surface area contributed by atoms with Crippen molar-refractivity contribution < 1.29 is 39.6 Å². The van der Waals surface area contributed by atoms with Gasteiger partial charge in [-0.15, -0.1) is 0 Å². The molecule has 0 saturated carbocycles. The van der Waals surface area contributed by atoms with Gasteiger partial charge in [-0.05, 0) is 20.8 Å². The maximum Gasteiger partial charge on any atom is 0.310 e. The topological polar surface area (TPSA) is 149 Å². The molecule has 0 unspecified atom stereocenters. The Kier molecular flexibility index (Phi) is 15.8. The fraction of sp³-hybridized carbons (Fsp3) is 0.600. The van der Waals surface area contributed by atoms with Crippen molar-refractivity contribution in [1.29, 1.82) is 0 Å². The van der Waals surface area contributed by atoms with Crippen molar-refractivity contribution in [3.63, 3.8) is 0 Å². The number of hydrogen-bond acceptors (Lipinski definition) is 6. The lowest BCUT2D eigenvalue weighted by Crippen LogP contribution is -2.00. The van der Waals surface area contributed by atoms with Gasteiger partial charge in [-0.3, -0.25) is 19.2 Å². The average Bonchev–Trinajstić information content (AvgIpc) is 1.96. The van der Waals surface area contributed by atoms with E-state index in [-0.39, 0.29) is 24.4 Å². The number of aliphatic hydroxyl groups is 2. The summed E-state index contributed by atoms with van der Waals surface area (Å²) in [6.45, 7) is 3.77. The molecule has 0 atom stereocenters. The molecule has 8 nitrogen and oxygen atoms in total. The van der Waals surface area contributed by atoms with Gasteiger partial charge in [0, 0.05) is 0 Å². The molecular weight excluding hydrogens is 248 g/mol. The van der Waals surface area contributed by atoms with E-state index in [0.29, 0.717) is 0 Å². The van der Waals surface area contributed by atoms with E-state index in [9.17, 15) is 19.2 Å². The van der Waals surface area contributed by atoms with E-state index in [1.807, 2.05) is 0 Å². The highest BCUT2D eigenvalue weighted by molar-refractivity contribution is 5.93. The van der Waals surface area contributed by atoms with Gasteiger partial charge < -0.3 is 20.4 Å². The number of aliphatic hydroxyl groups excluding tert-OH is 1. The summed E-state index contributed by atoms with van der Waals surface area (Å²) in [5.74, 6) is -2.75. The molecular formula is C10H18O8. The van der Waals surface area contributed by atoms with Crippen LogP contribution in [0.1, 0.15) is 33.6 Å². The largest absolute Gasteiger partial charge is 0.481 e. The summed E-state index contributed by atoms with van der Waals surface area (Å²) >= 11 is 0. The second kappa shape index (κ2) is 13.3. The molecule has 0 spiro atoms. The normalized spacial score (nSPS) is 8.33. The highest BCUT2D eigenvalue weighted by Gasteiger charge is 1.98. The second-order valence-electron chi connectivity index (χ2n) is 3.18. The van der Waals surface area contributed by atoms with Crippen molar-refractivity contribution in [2.24, 2.45) is 0 Å². The van der Waals surface area contributed by atoms with Gasteiger partial charge in [-0.2, -0.15) is 0 Å². The lowest BCUT2D eigenvalue weighted by Gasteiger charge is -1.80. The summed E-state index contributed by atoms with van der Waals surface area (Å²) in [6.07, 6.45) is -1.89. The Bertz CT molecular complexity index is 229. The number of hydrogen-bond donors (Lipinski definition) is 4. The van der Waals surface area contributed by atoms with E-state index in [1.165, 1.54) is 20.8 Å². The first-order chi connectivity index (χ1) is 7.98. The predicted octanol–water partition coefficient (Wildman–Crippen LogP) is -0.583. The highest BCUT2D eigenvalue weighted by atomic mass is 16.5. The minimum Gasteiger partial charge on any atom is -0.481 e. The van der Waals surface area contributed by atoms with Gasteiger partial charge in [0.1, 0.15) is 30.7 Å². The van der Waals surface area contributed by atoms with E-state index in [2.05, 4.69) is 0 Å². The van der Waals surface area contributed by atoms with Crippen LogP contribution in [0.2, 0.25) is 0 Å². The molecule has 0 aliphatic heterocycles. The van der Waals surface area contributed by atoms with Gasteiger partial charge in [-0.25, -0.2) is 0 Å². The van der Waals surface area contributed by atoms with Crippen molar-refractivity contribution in [3.8, 4) is 0 Å². The first kappa shape index (κ1) is 21.5. The number of rotatable bonds is 4. The Morgan fingerprint density at radius 2 is 1.00 bits per heavy atom. The van der Waals surface area contributed by atoms with E-state index in [0.717, 1.165) is 0 Å². The molecule has 0 fully saturated rings. The Morgan fingerprint density at radius 1 is 0.833 bits per heavy atom. The van der Waals surface area contributed by atoms with Crippen LogP contribution >= 0.6 is 0 Å². The van der Waals surface area contributed by atoms with Crippen LogP contribution in [-0.2, 0) is 19.2 Å². The fourth-order valence-electron chi connectivity index (χ4n) is 0.426. The predicted molar refractivity (Wildman–Crippen MR) is 59.8 cm³/mol. The molecule has 0 aliphatic carbocycles. The summed E-state index contributed by atoms with van der Waals surface area (Å²) in [5, 5.41) is 30.9. The van der Waals surface area contributed by atoms with Crippen molar-refractivity contribution in [3.05, 3.63) is 0 Å².